The van der Waals surface area contributed by atoms with E-state index >= 15 is 0 Å². The maximum absolute atomic E-state index is 10.4. The molecule has 0 saturated carbocycles. The topological polar surface area (TPSA) is 54.4 Å². The molecule has 3 nitrogen and oxygen atoms in total. The van der Waals surface area contributed by atoms with Crippen molar-refractivity contribution >= 4 is 29.5 Å². The molecule has 5 heteroatoms. The van der Waals surface area contributed by atoms with Crippen molar-refractivity contribution in [3.05, 3.63) is 30.3 Å². The first-order valence-electron chi connectivity index (χ1n) is 4.21. The summed E-state index contributed by atoms with van der Waals surface area (Å²) in [4.78, 5) is 0. The van der Waals surface area contributed by atoms with Crippen molar-refractivity contribution in [1.29, 1.82) is 0 Å². The molecule has 0 spiro atoms. The van der Waals surface area contributed by atoms with Crippen LogP contribution < -0.4 is 4.46 Å². The van der Waals surface area contributed by atoms with Gasteiger partial charge in [0.2, 0.25) is 0 Å². The summed E-state index contributed by atoms with van der Waals surface area (Å²) in [5.41, 5.74) is 0. The quantitative estimate of drug-likeness (QED) is 0.491. The first-order chi connectivity index (χ1) is 6.58. The molecule has 0 fully saturated rings. The molecule has 0 heterocycles. The minimum absolute atomic E-state index is 0.123. The van der Waals surface area contributed by atoms with Crippen LogP contribution in [0.1, 0.15) is 6.42 Å². The predicted molar refractivity (Wildman–Crippen MR) is 57.7 cm³/mol. The molecule has 1 N–H and O–H groups in total. The van der Waals surface area contributed by atoms with E-state index < -0.39 is 10.1 Å². The molecule has 0 aliphatic carbocycles. The number of hydrogen-bond donors (Lipinski definition) is 1. The van der Waals surface area contributed by atoms with E-state index in [1.54, 1.807) is 0 Å². The van der Waals surface area contributed by atoms with Crippen LogP contribution in [0.15, 0.2) is 30.3 Å². The van der Waals surface area contributed by atoms with Crippen LogP contribution in [0.5, 0.6) is 0 Å². The van der Waals surface area contributed by atoms with Crippen molar-refractivity contribution in [1.82, 2.24) is 0 Å². The second kappa shape index (κ2) is 5.51. The molecule has 1 aromatic carbocycles. The van der Waals surface area contributed by atoms with Crippen molar-refractivity contribution in [2.24, 2.45) is 0 Å². The van der Waals surface area contributed by atoms with Gasteiger partial charge >= 0.3 is 90.3 Å². The van der Waals surface area contributed by atoms with Gasteiger partial charge in [0, 0.05) is 0 Å². The molecular weight excluding hydrogens is 267 g/mol. The molecule has 0 saturated heterocycles. The Labute approximate surface area is 90.4 Å². The van der Waals surface area contributed by atoms with E-state index in [1.807, 2.05) is 30.3 Å². The predicted octanol–water partition coefficient (Wildman–Crippen LogP) is 0.712. The summed E-state index contributed by atoms with van der Waals surface area (Å²) >= 11 is 0.311. The van der Waals surface area contributed by atoms with Crippen molar-refractivity contribution < 1.29 is 13.0 Å². The Balaban J connectivity index is 2.23. The molecule has 0 bridgehead atoms. The standard InChI is InChI=1S/C9H12O3SSe/c10-13(11,12)7-4-8-14-9-5-2-1-3-6-9/h1-3,5-6H,4,7-8H2,(H,10,11,12). The van der Waals surface area contributed by atoms with Crippen LogP contribution in [0.3, 0.4) is 0 Å². The van der Waals surface area contributed by atoms with Crippen molar-refractivity contribution in [2.75, 3.05) is 5.75 Å². The zero-order valence-corrected chi connectivity index (χ0v) is 10.1. The van der Waals surface area contributed by atoms with Gasteiger partial charge in [-0.3, -0.25) is 0 Å². The van der Waals surface area contributed by atoms with Crippen molar-refractivity contribution in [2.45, 2.75) is 11.7 Å². The van der Waals surface area contributed by atoms with Crippen LogP contribution in [0.2, 0.25) is 5.32 Å². The first-order valence-corrected chi connectivity index (χ1v) is 7.89. The zero-order chi connectivity index (χ0) is 10.4. The molecule has 0 aliphatic rings. The van der Waals surface area contributed by atoms with E-state index in [0.29, 0.717) is 21.4 Å². The van der Waals surface area contributed by atoms with Crippen LogP contribution in [-0.2, 0) is 10.1 Å². The molecular formula is C9H12O3SSe. The van der Waals surface area contributed by atoms with E-state index in [4.69, 9.17) is 4.55 Å². The van der Waals surface area contributed by atoms with Crippen LogP contribution in [0.25, 0.3) is 0 Å². The van der Waals surface area contributed by atoms with Gasteiger partial charge in [-0.05, 0) is 0 Å². The summed E-state index contributed by atoms with van der Waals surface area (Å²) in [6.07, 6.45) is 0.535. The third-order valence-corrected chi connectivity index (χ3v) is 4.67. The second-order valence-electron chi connectivity index (χ2n) is 2.80. The van der Waals surface area contributed by atoms with Gasteiger partial charge in [0.1, 0.15) is 0 Å². The van der Waals surface area contributed by atoms with Crippen LogP contribution >= 0.6 is 0 Å². The fraction of sp³-hybridized carbons (Fsp3) is 0.333. The Bertz CT molecular complexity index is 361. The molecule has 0 atom stereocenters. The van der Waals surface area contributed by atoms with Gasteiger partial charge in [-0.2, -0.15) is 0 Å². The molecule has 0 aliphatic heterocycles. The summed E-state index contributed by atoms with van der Waals surface area (Å²) in [5.74, 6) is -0.123. The molecule has 0 amide bonds. The van der Waals surface area contributed by atoms with Gasteiger partial charge in [0.15, 0.2) is 0 Å². The van der Waals surface area contributed by atoms with Gasteiger partial charge in [-0.1, -0.05) is 0 Å². The fourth-order valence-electron chi connectivity index (χ4n) is 0.948. The Kier molecular flexibility index (Phi) is 4.61. The SMILES string of the molecule is O=S(=O)(O)CCC[Se]c1ccccc1. The second-order valence-corrected chi connectivity index (χ2v) is 6.82. The van der Waals surface area contributed by atoms with Crippen molar-refractivity contribution in [3.8, 4) is 0 Å². The number of rotatable bonds is 5. The maximum atomic E-state index is 10.4. The van der Waals surface area contributed by atoms with Gasteiger partial charge in [0.05, 0.1) is 0 Å². The Hall–Kier alpha value is -0.351. The Morgan fingerprint density at radius 1 is 1.21 bits per heavy atom. The van der Waals surface area contributed by atoms with Crippen molar-refractivity contribution in [3.63, 3.8) is 0 Å². The zero-order valence-electron chi connectivity index (χ0n) is 7.59. The molecule has 0 radical (unpaired) electrons. The molecule has 1 aromatic rings. The Morgan fingerprint density at radius 2 is 1.86 bits per heavy atom. The molecule has 1 rings (SSSR count). The molecule has 0 unspecified atom stereocenters. The van der Waals surface area contributed by atoms with Gasteiger partial charge in [0.25, 0.3) is 0 Å². The average molecular weight is 279 g/mol. The van der Waals surface area contributed by atoms with Crippen LogP contribution in [-0.4, -0.2) is 33.7 Å². The summed E-state index contributed by atoms with van der Waals surface area (Å²) in [5, 5.41) is 0.844. The van der Waals surface area contributed by atoms with E-state index in [2.05, 4.69) is 0 Å². The van der Waals surface area contributed by atoms with Crippen LogP contribution in [0, 0.1) is 0 Å². The number of benzene rings is 1. The minimum atomic E-state index is -3.77. The first kappa shape index (κ1) is 11.7. The van der Waals surface area contributed by atoms with E-state index in [1.165, 1.54) is 4.46 Å². The summed E-state index contributed by atoms with van der Waals surface area (Å²) in [7, 11) is -3.77. The monoisotopic (exact) mass is 280 g/mol. The van der Waals surface area contributed by atoms with Crippen LogP contribution in [0.4, 0.5) is 0 Å². The number of hydrogen-bond acceptors (Lipinski definition) is 2. The third-order valence-electron chi connectivity index (χ3n) is 1.56. The van der Waals surface area contributed by atoms with E-state index in [0.717, 1.165) is 5.32 Å². The fourth-order valence-corrected chi connectivity index (χ4v) is 3.70. The summed E-state index contributed by atoms with van der Waals surface area (Å²) in [6.45, 7) is 0. The average Bonchev–Trinajstić information content (AvgIpc) is 2.13. The van der Waals surface area contributed by atoms with Gasteiger partial charge in [-0.25, -0.2) is 0 Å². The third kappa shape index (κ3) is 5.39. The van der Waals surface area contributed by atoms with Gasteiger partial charge in [-0.15, -0.1) is 0 Å². The summed E-state index contributed by atoms with van der Waals surface area (Å²) in [6, 6.07) is 9.97. The normalized spacial score (nSPS) is 11.5. The van der Waals surface area contributed by atoms with E-state index in [-0.39, 0.29) is 5.75 Å². The molecule has 14 heavy (non-hydrogen) atoms. The summed E-state index contributed by atoms with van der Waals surface area (Å²) < 4.78 is 30.6. The van der Waals surface area contributed by atoms with E-state index in [9.17, 15) is 8.42 Å². The Morgan fingerprint density at radius 3 is 2.43 bits per heavy atom. The van der Waals surface area contributed by atoms with Gasteiger partial charge < -0.3 is 0 Å². The molecule has 78 valence electrons. The molecule has 0 aromatic heterocycles.